The van der Waals surface area contributed by atoms with E-state index in [1.807, 2.05) is 0 Å². The number of carbonyl (C=O) groups is 2. The Bertz CT molecular complexity index is 426. The predicted octanol–water partition coefficient (Wildman–Crippen LogP) is 1.36. The van der Waals surface area contributed by atoms with Crippen molar-refractivity contribution >= 4 is 17.6 Å². The molecule has 0 radical (unpaired) electrons. The van der Waals surface area contributed by atoms with Gasteiger partial charge in [-0.1, -0.05) is 0 Å². The molecule has 5 heteroatoms. The number of aromatic hydroxyl groups is 1. The molecule has 0 unspecified atom stereocenters. The van der Waals surface area contributed by atoms with Crippen molar-refractivity contribution in [3.8, 4) is 5.75 Å². The highest BCUT2D eigenvalue weighted by molar-refractivity contribution is 5.94. The second-order valence-electron chi connectivity index (χ2n) is 3.15. The molecule has 0 saturated heterocycles. The van der Waals surface area contributed by atoms with Gasteiger partial charge in [-0.3, -0.25) is 4.79 Å². The minimum Gasteiger partial charge on any atom is -0.508 e. The van der Waals surface area contributed by atoms with Gasteiger partial charge in [0, 0.05) is 24.2 Å². The molecule has 3 N–H and O–H groups in total. The molecule has 0 fully saturated rings. The van der Waals surface area contributed by atoms with E-state index in [0.717, 1.165) is 0 Å². The highest BCUT2D eigenvalue weighted by Crippen LogP contribution is 2.25. The molecule has 1 amide bonds. The van der Waals surface area contributed by atoms with Gasteiger partial charge in [-0.05, 0) is 13.0 Å². The molecule has 0 atom stereocenters. The maximum Gasteiger partial charge on any atom is 0.336 e. The van der Waals surface area contributed by atoms with Crippen molar-refractivity contribution in [3.05, 3.63) is 23.3 Å². The van der Waals surface area contributed by atoms with Crippen LogP contribution in [0.25, 0.3) is 0 Å². The molecule has 0 aromatic heterocycles. The average Bonchev–Trinajstić information content (AvgIpc) is 2.09. The molecule has 0 aliphatic rings. The smallest absolute Gasteiger partial charge is 0.336 e. The maximum absolute atomic E-state index is 10.8. The molecule has 1 aromatic carbocycles. The number of rotatable bonds is 2. The van der Waals surface area contributed by atoms with Crippen LogP contribution in [0.3, 0.4) is 0 Å². The first-order chi connectivity index (χ1) is 6.91. The Kier molecular flexibility index (Phi) is 2.94. The minimum atomic E-state index is -1.14. The molecule has 1 aromatic rings. The number of carboxylic acids is 1. The average molecular weight is 209 g/mol. The van der Waals surface area contributed by atoms with Gasteiger partial charge in [-0.25, -0.2) is 4.79 Å². The van der Waals surface area contributed by atoms with Gasteiger partial charge in [0.05, 0.1) is 5.56 Å². The van der Waals surface area contributed by atoms with Crippen LogP contribution in [0.4, 0.5) is 5.69 Å². The molecule has 0 bridgehead atoms. The normalized spacial score (nSPS) is 9.73. The number of carboxylic acid groups (broad SMARTS) is 1. The summed E-state index contributed by atoms with van der Waals surface area (Å²) in [5, 5.41) is 20.7. The monoisotopic (exact) mass is 209 g/mol. The van der Waals surface area contributed by atoms with Crippen LogP contribution in [-0.2, 0) is 4.79 Å². The van der Waals surface area contributed by atoms with Crippen molar-refractivity contribution in [3.63, 3.8) is 0 Å². The minimum absolute atomic E-state index is 0.0289. The quantitative estimate of drug-likeness (QED) is 0.686. The van der Waals surface area contributed by atoms with Gasteiger partial charge in [-0.15, -0.1) is 0 Å². The third kappa shape index (κ3) is 2.46. The van der Waals surface area contributed by atoms with Crippen molar-refractivity contribution in [1.82, 2.24) is 0 Å². The van der Waals surface area contributed by atoms with Crippen LogP contribution in [0, 0.1) is 6.92 Å². The van der Waals surface area contributed by atoms with E-state index in [1.54, 1.807) is 0 Å². The zero-order valence-electron chi connectivity index (χ0n) is 8.37. The molecule has 1 rings (SSSR count). The van der Waals surface area contributed by atoms with E-state index in [9.17, 15) is 14.7 Å². The van der Waals surface area contributed by atoms with Crippen molar-refractivity contribution < 1.29 is 19.8 Å². The lowest BCUT2D eigenvalue weighted by Crippen LogP contribution is -2.08. The van der Waals surface area contributed by atoms with Gasteiger partial charge in [0.15, 0.2) is 0 Å². The van der Waals surface area contributed by atoms with E-state index in [4.69, 9.17) is 5.11 Å². The van der Waals surface area contributed by atoms with Gasteiger partial charge in [0.25, 0.3) is 0 Å². The van der Waals surface area contributed by atoms with Crippen LogP contribution in [0.15, 0.2) is 12.1 Å². The van der Waals surface area contributed by atoms with E-state index >= 15 is 0 Å². The highest BCUT2D eigenvalue weighted by Gasteiger charge is 2.12. The Balaban J connectivity index is 3.23. The van der Waals surface area contributed by atoms with Crippen molar-refractivity contribution in [2.24, 2.45) is 0 Å². The summed E-state index contributed by atoms with van der Waals surface area (Å²) in [4.78, 5) is 21.5. The Hall–Kier alpha value is -2.04. The number of hydrogen-bond donors (Lipinski definition) is 3. The number of amides is 1. The molecule has 0 heterocycles. The molecule has 15 heavy (non-hydrogen) atoms. The number of nitrogens with one attached hydrogen (secondary N) is 1. The fraction of sp³-hybridized carbons (Fsp3) is 0.200. The van der Waals surface area contributed by atoms with Gasteiger partial charge < -0.3 is 15.5 Å². The van der Waals surface area contributed by atoms with Gasteiger partial charge in [-0.2, -0.15) is 0 Å². The van der Waals surface area contributed by atoms with Gasteiger partial charge in [0.2, 0.25) is 5.91 Å². The van der Waals surface area contributed by atoms with E-state index in [1.165, 1.54) is 26.0 Å². The standard InChI is InChI=1S/C10H11NO4/c1-5-8(10(14)15)3-7(4-9(5)13)11-6(2)12/h3-4,13H,1-2H3,(H,11,12)(H,14,15). The van der Waals surface area contributed by atoms with Crippen molar-refractivity contribution in [2.75, 3.05) is 5.32 Å². The largest absolute Gasteiger partial charge is 0.508 e. The number of hydrogen-bond acceptors (Lipinski definition) is 3. The number of carbonyl (C=O) groups excluding carboxylic acids is 1. The van der Waals surface area contributed by atoms with Crippen LogP contribution in [-0.4, -0.2) is 22.1 Å². The van der Waals surface area contributed by atoms with Gasteiger partial charge >= 0.3 is 5.97 Å². The summed E-state index contributed by atoms with van der Waals surface area (Å²) in [7, 11) is 0. The first kappa shape index (κ1) is 11.0. The van der Waals surface area contributed by atoms with Crippen LogP contribution in [0.2, 0.25) is 0 Å². The Morgan fingerprint density at radius 1 is 1.33 bits per heavy atom. The van der Waals surface area contributed by atoms with E-state index in [-0.39, 0.29) is 28.5 Å². The Morgan fingerprint density at radius 3 is 2.40 bits per heavy atom. The maximum atomic E-state index is 10.8. The summed E-state index contributed by atoms with van der Waals surface area (Å²) >= 11 is 0. The molecule has 0 spiro atoms. The fourth-order valence-corrected chi connectivity index (χ4v) is 1.20. The van der Waals surface area contributed by atoms with E-state index < -0.39 is 5.97 Å². The number of benzene rings is 1. The molecule has 5 nitrogen and oxygen atoms in total. The number of phenolic OH excluding ortho intramolecular Hbond substituents is 1. The van der Waals surface area contributed by atoms with Crippen LogP contribution >= 0.6 is 0 Å². The predicted molar refractivity (Wildman–Crippen MR) is 54.1 cm³/mol. The van der Waals surface area contributed by atoms with Crippen molar-refractivity contribution in [2.45, 2.75) is 13.8 Å². The second-order valence-corrected chi connectivity index (χ2v) is 3.15. The fourth-order valence-electron chi connectivity index (χ4n) is 1.20. The van der Waals surface area contributed by atoms with Crippen LogP contribution in [0.5, 0.6) is 5.75 Å². The zero-order chi connectivity index (χ0) is 11.6. The number of aromatic carboxylic acids is 1. The first-order valence-electron chi connectivity index (χ1n) is 4.26. The van der Waals surface area contributed by atoms with Crippen LogP contribution in [0.1, 0.15) is 22.8 Å². The summed E-state index contributed by atoms with van der Waals surface area (Å²) in [6.45, 7) is 2.80. The lowest BCUT2D eigenvalue weighted by atomic mass is 10.1. The molecule has 0 saturated carbocycles. The third-order valence-corrected chi connectivity index (χ3v) is 1.93. The Morgan fingerprint density at radius 2 is 1.93 bits per heavy atom. The van der Waals surface area contributed by atoms with Crippen LogP contribution < -0.4 is 5.32 Å². The lowest BCUT2D eigenvalue weighted by molar-refractivity contribution is -0.114. The van der Waals surface area contributed by atoms with Crippen molar-refractivity contribution in [1.29, 1.82) is 0 Å². The first-order valence-corrected chi connectivity index (χ1v) is 4.26. The summed E-state index contributed by atoms with van der Waals surface area (Å²) in [5.41, 5.74) is 0.512. The summed E-state index contributed by atoms with van der Waals surface area (Å²) in [6.07, 6.45) is 0. The molecular formula is C10H11NO4. The highest BCUT2D eigenvalue weighted by atomic mass is 16.4. The summed E-state index contributed by atoms with van der Waals surface area (Å²) in [5.74, 6) is -1.62. The number of phenols is 1. The summed E-state index contributed by atoms with van der Waals surface area (Å²) < 4.78 is 0. The molecule has 80 valence electrons. The lowest BCUT2D eigenvalue weighted by Gasteiger charge is -2.08. The SMILES string of the molecule is CC(=O)Nc1cc(O)c(C)c(C(=O)O)c1. The molecule has 0 aliphatic carbocycles. The summed E-state index contributed by atoms with van der Waals surface area (Å²) in [6, 6.07) is 2.61. The van der Waals surface area contributed by atoms with Gasteiger partial charge in [0.1, 0.15) is 5.75 Å². The molecular weight excluding hydrogens is 198 g/mol. The Labute approximate surface area is 86.4 Å². The topological polar surface area (TPSA) is 86.6 Å². The zero-order valence-corrected chi connectivity index (χ0v) is 8.37. The van der Waals surface area contributed by atoms with E-state index in [2.05, 4.69) is 5.32 Å². The second kappa shape index (κ2) is 4.00. The third-order valence-electron chi connectivity index (χ3n) is 1.93. The number of anilines is 1. The molecule has 0 aliphatic heterocycles. The van der Waals surface area contributed by atoms with E-state index in [0.29, 0.717) is 0 Å².